The van der Waals surface area contributed by atoms with Crippen molar-refractivity contribution in [2.75, 3.05) is 19.0 Å². The van der Waals surface area contributed by atoms with Crippen LogP contribution in [0, 0.1) is 0 Å². The van der Waals surface area contributed by atoms with Crippen LogP contribution in [0.25, 0.3) is 6.08 Å². The molecular weight excluding hydrogens is 477 g/mol. The van der Waals surface area contributed by atoms with E-state index in [4.69, 9.17) is 0 Å². The van der Waals surface area contributed by atoms with Crippen LogP contribution in [0.5, 0.6) is 0 Å². The standard InChI is InChI=1S/C23H17N3O3SSe/c1-24-21(27)15(22(28)25(2)23(24)29)13-14-11-12-20(31-14)26-16-7-3-5-9-18(16)30-19-10-6-4-8-17(19)26/h3-13H,1-2H3. The number of nitrogens with zero attached hydrogens (tertiary/aromatic N) is 3. The van der Waals surface area contributed by atoms with Crippen LogP contribution >= 0.6 is 11.8 Å². The molecule has 3 heterocycles. The minimum absolute atomic E-state index is 0.0161. The first kappa shape index (κ1) is 19.9. The van der Waals surface area contributed by atoms with Gasteiger partial charge in [-0.2, -0.15) is 0 Å². The summed E-state index contributed by atoms with van der Waals surface area (Å²) in [7, 11) is 2.77. The zero-order chi connectivity index (χ0) is 21.7. The van der Waals surface area contributed by atoms with Gasteiger partial charge in [0, 0.05) is 0 Å². The molecule has 154 valence electrons. The van der Waals surface area contributed by atoms with Gasteiger partial charge >= 0.3 is 190 Å². The average Bonchev–Trinajstić information content (AvgIpc) is 3.25. The van der Waals surface area contributed by atoms with E-state index in [-0.39, 0.29) is 20.1 Å². The molecule has 8 heteroatoms. The molecule has 1 saturated heterocycles. The molecular formula is C23H17N3O3SSe. The molecule has 0 atom stereocenters. The first-order chi connectivity index (χ1) is 15.0. The first-order valence-electron chi connectivity index (χ1n) is 9.53. The molecule has 0 aliphatic carbocycles. The van der Waals surface area contributed by atoms with E-state index < -0.39 is 17.8 Å². The maximum atomic E-state index is 12.5. The van der Waals surface area contributed by atoms with Crippen molar-refractivity contribution in [2.24, 2.45) is 0 Å². The van der Waals surface area contributed by atoms with Crippen LogP contribution in [0.1, 0.15) is 4.44 Å². The van der Waals surface area contributed by atoms with Gasteiger partial charge in [0.25, 0.3) is 0 Å². The van der Waals surface area contributed by atoms with Crippen LogP contribution in [0.3, 0.4) is 0 Å². The monoisotopic (exact) mass is 495 g/mol. The van der Waals surface area contributed by atoms with E-state index in [2.05, 4.69) is 29.2 Å². The molecule has 0 unspecified atom stereocenters. The molecule has 6 nitrogen and oxygen atoms in total. The first-order valence-corrected chi connectivity index (χ1v) is 12.1. The summed E-state index contributed by atoms with van der Waals surface area (Å²) in [4.78, 5) is 43.6. The molecule has 5 rings (SSSR count). The Morgan fingerprint density at radius 1 is 0.774 bits per heavy atom. The Bertz CT molecular complexity index is 1210. The number of amides is 4. The Morgan fingerprint density at radius 2 is 1.32 bits per heavy atom. The number of fused-ring (bicyclic) bond motifs is 2. The van der Waals surface area contributed by atoms with E-state index in [9.17, 15) is 14.4 Å². The second-order valence-electron chi connectivity index (χ2n) is 7.12. The molecule has 0 spiro atoms. The fourth-order valence-electron chi connectivity index (χ4n) is 3.60. The van der Waals surface area contributed by atoms with Crippen molar-refractivity contribution in [2.45, 2.75) is 9.79 Å². The number of benzene rings is 2. The number of para-hydroxylation sites is 2. The van der Waals surface area contributed by atoms with Crippen molar-refractivity contribution in [1.29, 1.82) is 0 Å². The van der Waals surface area contributed by atoms with Gasteiger partial charge in [0.05, 0.1) is 0 Å². The normalized spacial score (nSPS) is 15.9. The molecule has 1 aromatic heterocycles. The number of carbonyl (C=O) groups excluding carboxylic acids is 3. The summed E-state index contributed by atoms with van der Waals surface area (Å²) in [6.45, 7) is 0. The fraction of sp³-hybridized carbons (Fsp3) is 0.0870. The van der Waals surface area contributed by atoms with Gasteiger partial charge in [-0.05, 0) is 0 Å². The summed E-state index contributed by atoms with van der Waals surface area (Å²) in [6, 6.07) is 20.0. The Labute approximate surface area is 189 Å². The molecule has 31 heavy (non-hydrogen) atoms. The van der Waals surface area contributed by atoms with Gasteiger partial charge in [0.15, 0.2) is 0 Å². The fourth-order valence-corrected chi connectivity index (χ4v) is 6.71. The van der Waals surface area contributed by atoms with Gasteiger partial charge in [-0.25, -0.2) is 0 Å². The van der Waals surface area contributed by atoms with Gasteiger partial charge < -0.3 is 0 Å². The molecule has 0 saturated carbocycles. The quantitative estimate of drug-likeness (QED) is 0.239. The molecule has 3 aromatic rings. The van der Waals surface area contributed by atoms with Crippen molar-refractivity contribution in [1.82, 2.24) is 9.80 Å². The van der Waals surface area contributed by atoms with Crippen molar-refractivity contribution in [3.05, 3.63) is 70.7 Å². The third kappa shape index (κ3) is 3.24. The Balaban J connectivity index is 1.57. The van der Waals surface area contributed by atoms with Crippen LogP contribution in [-0.2, 0) is 9.59 Å². The summed E-state index contributed by atoms with van der Waals surface area (Å²) < 4.78 is 2.02. The number of urea groups is 1. The molecule has 2 aliphatic rings. The average molecular weight is 494 g/mol. The van der Waals surface area contributed by atoms with Crippen LogP contribution < -0.4 is 4.90 Å². The predicted molar refractivity (Wildman–Crippen MR) is 121 cm³/mol. The van der Waals surface area contributed by atoms with Crippen molar-refractivity contribution in [3.63, 3.8) is 0 Å². The van der Waals surface area contributed by atoms with Gasteiger partial charge in [0.2, 0.25) is 0 Å². The second-order valence-corrected chi connectivity index (χ2v) is 10.5. The number of imide groups is 2. The van der Waals surface area contributed by atoms with E-state index in [0.717, 1.165) is 30.2 Å². The number of likely N-dealkylation sites (N-methyl/N-ethyl adjacent to an activating group) is 2. The van der Waals surface area contributed by atoms with Crippen LogP contribution in [0.2, 0.25) is 0 Å². The Hall–Kier alpha value is -3.06. The van der Waals surface area contributed by atoms with Gasteiger partial charge in [-0.3, -0.25) is 0 Å². The molecule has 0 N–H and O–H groups in total. The van der Waals surface area contributed by atoms with Crippen molar-refractivity contribution < 1.29 is 14.4 Å². The van der Waals surface area contributed by atoms with Gasteiger partial charge in [0.1, 0.15) is 0 Å². The minimum atomic E-state index is -0.615. The number of barbiturate groups is 1. The summed E-state index contributed by atoms with van der Waals surface area (Å²) >= 11 is 1.64. The molecule has 1 fully saturated rings. The summed E-state index contributed by atoms with van der Waals surface area (Å²) in [6.07, 6.45) is 1.63. The van der Waals surface area contributed by atoms with Crippen molar-refractivity contribution >= 4 is 66.1 Å². The zero-order valence-corrected chi connectivity index (χ0v) is 19.3. The molecule has 0 radical (unpaired) electrons. The Morgan fingerprint density at radius 3 is 1.90 bits per heavy atom. The van der Waals surface area contributed by atoms with Crippen LogP contribution in [-0.4, -0.2) is 56.2 Å². The zero-order valence-electron chi connectivity index (χ0n) is 16.7. The number of hydrogen-bond donors (Lipinski definition) is 0. The summed E-state index contributed by atoms with van der Waals surface area (Å²) in [5, 5.41) is 0. The maximum absolute atomic E-state index is 12.5. The van der Waals surface area contributed by atoms with Crippen LogP contribution in [0.15, 0.2) is 76.0 Å². The van der Waals surface area contributed by atoms with Crippen LogP contribution in [0.4, 0.5) is 20.7 Å². The van der Waals surface area contributed by atoms with E-state index in [1.807, 2.05) is 36.4 Å². The summed E-state index contributed by atoms with van der Waals surface area (Å²) in [5.74, 6) is -1.13. The van der Waals surface area contributed by atoms with Crippen molar-refractivity contribution in [3.8, 4) is 0 Å². The number of rotatable bonds is 2. The number of carbonyl (C=O) groups is 3. The Kier molecular flexibility index (Phi) is 4.85. The SMILES string of the molecule is CN1C(=O)C(=Cc2ccc(N3c4ccccc4Sc4ccccc43)[se]2)C(=O)N(C)C1=O. The molecule has 4 amide bonds. The molecule has 2 aromatic carbocycles. The topological polar surface area (TPSA) is 60.9 Å². The second kappa shape index (κ2) is 7.57. The van der Waals surface area contributed by atoms with E-state index in [1.54, 1.807) is 17.8 Å². The van der Waals surface area contributed by atoms with Gasteiger partial charge in [-0.1, -0.05) is 0 Å². The summed E-state index contributed by atoms with van der Waals surface area (Å²) in [5.41, 5.74) is 2.26. The molecule has 0 bridgehead atoms. The van der Waals surface area contributed by atoms with E-state index >= 15 is 0 Å². The molecule has 2 aliphatic heterocycles. The predicted octanol–water partition coefficient (Wildman–Crippen LogP) is 4.11. The van der Waals surface area contributed by atoms with Gasteiger partial charge in [-0.15, -0.1) is 0 Å². The van der Waals surface area contributed by atoms with E-state index in [0.29, 0.717) is 0 Å². The van der Waals surface area contributed by atoms with E-state index in [1.165, 1.54) is 23.9 Å². The number of hydrogen-bond acceptors (Lipinski definition) is 5. The third-order valence-corrected chi connectivity index (χ3v) is 8.46. The third-order valence-electron chi connectivity index (χ3n) is 5.20. The number of anilines is 3.